The van der Waals surface area contributed by atoms with Crippen LogP contribution in [0.4, 0.5) is 114 Å². The first-order valence-electron chi connectivity index (χ1n) is 47.5. The van der Waals surface area contributed by atoms with E-state index in [1.807, 2.05) is 121 Å². The van der Waals surface area contributed by atoms with Crippen LogP contribution in [0.1, 0.15) is 37.7 Å². The van der Waals surface area contributed by atoms with Crippen molar-refractivity contribution in [1.82, 2.24) is 54.6 Å². The van der Waals surface area contributed by atoms with Gasteiger partial charge in [-0.2, -0.15) is 19.9 Å². The standard InChI is InChI=1S/C31H41ClN7O4P.C25H33N6O3P.C23H27ClN5O2P.C23H26ClN4O4PS/c1-37-14-7-15-39(19-18-37)31(40)43-23-12-16-38(17-13-23)22-10-11-25(27(20-22)42-2)35-30-33-21-24(32)29(36-30)34-26-8-5-6-9-28(26)44(3,4)41;1-30-12-14-31(15-13-30)18-10-11-19(21(16-18)33-2)28-25-26-17-22(34-3)24(29-25)27-20-8-6-7-9-23(20)35(4,5)32;1-16-14-19(32(2,3)30)8-9-21(16)27-23-25-15-20(24)22(28-23)26-17-4-6-18(7-5-17)29-10-12-31-13-11-29;1-28(19-7-5-6-8-21(19)34(30,31)16-10-11-16)22-17(24)14-25-23(27-22)26-18-12-9-15(33(3,4)29)13-20(18)32-2/h5-6,8-11,20-21,23H,7,12-19H2,1-4H3,(H2,33,34,35,36);6-11,16-17H,12-15H2,1-5H3,(H2,26,27,28,29);4-9,14-15H,10-13H2,1-3H3,(H2,25,26,27,28);5-9,12-14,16H,10-11H2,1-4H3,(H,25,26,27). The number of nitrogens with one attached hydrogen (secondary N) is 7. The summed E-state index contributed by atoms with van der Waals surface area (Å²) in [5, 5.41) is 26.3. The van der Waals surface area contributed by atoms with Crippen LogP contribution >= 0.6 is 63.4 Å². The van der Waals surface area contributed by atoms with Crippen LogP contribution in [0.5, 0.6) is 23.0 Å². The maximum Gasteiger partial charge on any atom is 0.410 e. The zero-order valence-electron chi connectivity index (χ0n) is 84.4. The highest BCUT2D eigenvalue weighted by Crippen LogP contribution is 2.46. The largest absolute Gasteiger partial charge is 0.495 e. The predicted molar refractivity (Wildman–Crippen MR) is 591 cm³/mol. The lowest BCUT2D eigenvalue weighted by atomic mass is 10.1. The van der Waals surface area contributed by atoms with Gasteiger partial charge in [-0.05, 0) is 227 Å². The molecule has 35 nitrogen and oxygen atoms in total. The Balaban J connectivity index is 0.000000154. The van der Waals surface area contributed by atoms with Gasteiger partial charge in [-0.1, -0.05) is 71.2 Å². The minimum absolute atomic E-state index is 0.0824. The van der Waals surface area contributed by atoms with E-state index in [9.17, 15) is 31.5 Å². The van der Waals surface area contributed by atoms with Crippen LogP contribution in [0.3, 0.4) is 0 Å². The van der Waals surface area contributed by atoms with Gasteiger partial charge in [-0.15, -0.1) is 0 Å². The number of aromatic nitrogens is 8. The number of sulfone groups is 1. The predicted octanol–water partition coefficient (Wildman–Crippen LogP) is 19.4. The van der Waals surface area contributed by atoms with Gasteiger partial charge in [-0.25, -0.2) is 33.1 Å². The number of ether oxygens (including phenoxy) is 6. The number of benzene rings is 8. The van der Waals surface area contributed by atoms with Crippen molar-refractivity contribution >= 4 is 210 Å². The summed E-state index contributed by atoms with van der Waals surface area (Å²) < 4.78 is 110. The summed E-state index contributed by atoms with van der Waals surface area (Å²) in [5.74, 6) is 5.43. The van der Waals surface area contributed by atoms with Crippen LogP contribution in [-0.2, 0) is 37.6 Å². The molecule has 0 bridgehead atoms. The van der Waals surface area contributed by atoms with E-state index < -0.39 is 38.4 Å². The van der Waals surface area contributed by atoms with Gasteiger partial charge in [0.2, 0.25) is 23.8 Å². The number of nitrogens with zero attached hydrogens (tertiary/aromatic N) is 15. The first-order valence-corrected chi connectivity index (χ1v) is 60.5. The molecule has 43 heteroatoms. The second-order valence-electron chi connectivity index (χ2n) is 37.1. The van der Waals surface area contributed by atoms with Gasteiger partial charge in [0.15, 0.2) is 38.9 Å². The third-order valence-corrected chi connectivity index (χ3v) is 34.2. The lowest BCUT2D eigenvalue weighted by molar-refractivity contribution is 0.0528. The van der Waals surface area contributed by atoms with E-state index in [1.165, 1.54) is 19.5 Å². The van der Waals surface area contributed by atoms with Crippen molar-refractivity contribution < 1.29 is 59.9 Å². The summed E-state index contributed by atoms with van der Waals surface area (Å²) in [7, 11) is -0.913. The van der Waals surface area contributed by atoms with Crippen molar-refractivity contribution in [3.8, 4) is 23.0 Å². The fourth-order valence-corrected chi connectivity index (χ4v) is 23.0. The maximum atomic E-state index is 13.0. The minimum atomic E-state index is -3.43. The number of likely N-dealkylation sites (N-methyl/N-ethyl adjacent to an activating group) is 2. The Kier molecular flexibility index (Phi) is 36.4. The summed E-state index contributed by atoms with van der Waals surface area (Å²) in [6, 6.07) is 52.9. The number of aryl methyl sites for hydroxylation is 1. The number of hydrogen-bond donors (Lipinski definition) is 7. The molecule has 4 aliphatic heterocycles. The second-order valence-corrected chi connectivity index (χ2v) is 53.4. The number of hydrogen-bond acceptors (Lipinski definition) is 34. The molecule has 8 heterocycles. The summed E-state index contributed by atoms with van der Waals surface area (Å²) in [6.45, 7) is 28.0. The van der Waals surface area contributed by atoms with Gasteiger partial charge in [0.1, 0.15) is 67.0 Å². The minimum Gasteiger partial charge on any atom is -0.495 e. The SMILES string of the molecule is COc1cc(N2CCC(OC(=O)N3CCCN(C)CC3)CC2)ccc1Nc1ncc(Cl)c(Nc2ccccc2P(C)(C)=O)n1.COc1cc(N2CCN(C)CC2)ccc1Nc1ncc(OC)c(Nc2ccccc2P(C)(C)=O)n1.COc1cc(P(C)(C)=O)ccc1Nc1ncc(Cl)c(N(C)c2ccccc2S(=O)(=O)C2CC2)n1.Cc1cc(P(C)(C)=O)ccc1Nc1ncc(Cl)c(Nc2ccc(N3CCOCC3)cc2)n1. The summed E-state index contributed by atoms with van der Waals surface area (Å²) in [4.78, 5) is 63.6. The Morgan fingerprint density at radius 1 is 0.421 bits per heavy atom. The lowest BCUT2D eigenvalue weighted by Crippen LogP contribution is -2.44. The van der Waals surface area contributed by atoms with E-state index >= 15 is 0 Å². The van der Waals surface area contributed by atoms with Gasteiger partial charge >= 0.3 is 6.09 Å². The molecule has 5 aliphatic rings. The van der Waals surface area contributed by atoms with Gasteiger partial charge in [0.25, 0.3) is 0 Å². The molecule has 12 aromatic rings. The average molecular weight is 2130 g/mol. The zero-order chi connectivity index (χ0) is 104. The molecule has 17 rings (SSSR count). The van der Waals surface area contributed by atoms with E-state index in [4.69, 9.17) is 63.2 Å². The smallest absolute Gasteiger partial charge is 0.410 e. The fraction of sp³-hybridized carbons (Fsp3) is 0.363. The number of carbonyl (C=O) groups is 1. The normalized spacial score (nSPS) is 15.0. The first-order chi connectivity index (χ1) is 69.2. The quantitative estimate of drug-likeness (QED) is 0.0206. The molecule has 0 unspecified atom stereocenters. The van der Waals surface area contributed by atoms with Crippen LogP contribution in [0.15, 0.2) is 200 Å². The number of piperidine rings is 1. The molecule has 145 heavy (non-hydrogen) atoms. The second kappa shape index (κ2) is 48.5. The number of methoxy groups -OCH3 is 4. The summed E-state index contributed by atoms with van der Waals surface area (Å²) >= 11 is 19.2. The van der Waals surface area contributed by atoms with Gasteiger partial charge in [0.05, 0.1) is 111 Å². The number of para-hydroxylation sites is 3. The van der Waals surface area contributed by atoms with Crippen LogP contribution in [0.2, 0.25) is 15.1 Å². The summed E-state index contributed by atoms with van der Waals surface area (Å²) in [6.07, 6.45) is 9.71. The van der Waals surface area contributed by atoms with Gasteiger partial charge < -0.3 is 118 Å². The molecule has 0 spiro atoms. The Labute approximate surface area is 863 Å². The van der Waals surface area contributed by atoms with E-state index in [-0.39, 0.29) is 33.3 Å². The number of amides is 1. The monoisotopic (exact) mass is 2130 g/mol. The molecular formula is C102H127Cl3N22O13P4S. The molecule has 1 amide bonds. The molecule has 0 radical (unpaired) electrons. The maximum absolute atomic E-state index is 13.0. The first kappa shape index (κ1) is 109. The van der Waals surface area contributed by atoms with Crippen molar-refractivity contribution in [2.75, 3.05) is 251 Å². The fourth-order valence-electron chi connectivity index (χ4n) is 16.5. The third-order valence-electron chi connectivity index (χ3n) is 24.9. The summed E-state index contributed by atoms with van der Waals surface area (Å²) in [5.41, 5.74) is 9.96. The number of carbonyl (C=O) groups excluding carboxylic acids is 1. The van der Waals surface area contributed by atoms with Crippen LogP contribution in [0, 0.1) is 6.92 Å². The van der Waals surface area contributed by atoms with Crippen molar-refractivity contribution in [2.45, 2.75) is 55.3 Å². The van der Waals surface area contributed by atoms with Crippen molar-refractivity contribution in [2.24, 2.45) is 0 Å². The molecule has 5 fully saturated rings. The molecule has 0 atom stereocenters. The molecule has 7 N–H and O–H groups in total. The van der Waals surface area contributed by atoms with Gasteiger partial charge in [0, 0.05) is 154 Å². The van der Waals surface area contributed by atoms with Crippen molar-refractivity contribution in [3.63, 3.8) is 0 Å². The molecule has 8 aromatic carbocycles. The molecule has 1 saturated carbocycles. The van der Waals surface area contributed by atoms with E-state index in [0.717, 1.165) is 160 Å². The highest BCUT2D eigenvalue weighted by Gasteiger charge is 2.39. The number of halogens is 3. The molecular weight excluding hydrogens is 2000 g/mol. The molecule has 770 valence electrons. The Morgan fingerprint density at radius 2 is 0.855 bits per heavy atom. The van der Waals surface area contributed by atoms with E-state index in [1.54, 1.807) is 141 Å². The Bertz CT molecular complexity index is 6890. The zero-order valence-corrected chi connectivity index (χ0v) is 91.1. The van der Waals surface area contributed by atoms with E-state index in [2.05, 4.69) is 134 Å². The lowest BCUT2D eigenvalue weighted by Gasteiger charge is -2.34. The highest BCUT2D eigenvalue weighted by atomic mass is 35.5. The number of piperazine rings is 1. The highest BCUT2D eigenvalue weighted by molar-refractivity contribution is 7.92. The van der Waals surface area contributed by atoms with Crippen LogP contribution < -0.4 is 97.0 Å². The number of rotatable bonds is 30. The van der Waals surface area contributed by atoms with Crippen LogP contribution in [0.25, 0.3) is 0 Å². The Morgan fingerprint density at radius 3 is 1.39 bits per heavy atom. The van der Waals surface area contributed by atoms with Crippen molar-refractivity contribution in [1.29, 1.82) is 0 Å². The molecule has 1 aliphatic carbocycles. The van der Waals surface area contributed by atoms with Gasteiger partial charge in [-0.3, -0.25) is 0 Å². The van der Waals surface area contributed by atoms with E-state index in [0.29, 0.717) is 127 Å². The average Bonchev–Trinajstić information content (AvgIpc) is 1.64. The Hall–Kier alpha value is -12.0. The number of morpholine rings is 1. The third kappa shape index (κ3) is 29.1. The van der Waals surface area contributed by atoms with Crippen LogP contribution in [-0.4, -0.2) is 275 Å². The van der Waals surface area contributed by atoms with Crippen molar-refractivity contribution in [3.05, 3.63) is 215 Å². The molecule has 4 aromatic heterocycles. The molecule has 4 saturated heterocycles. The topological polar surface area (TPSA) is 385 Å². The number of anilines is 19.